The molecule has 2 heterocycles. The van der Waals surface area contributed by atoms with Gasteiger partial charge in [0, 0.05) is 23.4 Å². The fraction of sp³-hybridized carbons (Fsp3) is 0.364. The molecule has 4 N–H and O–H groups in total. The van der Waals surface area contributed by atoms with Gasteiger partial charge in [0.15, 0.2) is 0 Å². The van der Waals surface area contributed by atoms with Gasteiger partial charge in [-0.3, -0.25) is 14.6 Å². The highest BCUT2D eigenvalue weighted by atomic mass is 32.2. The quantitative estimate of drug-likeness (QED) is 0.329. The normalized spacial score (nSPS) is 14.8. The van der Waals surface area contributed by atoms with E-state index in [0.29, 0.717) is 12.4 Å². The van der Waals surface area contributed by atoms with Crippen LogP contribution in [0.4, 0.5) is 5.69 Å². The van der Waals surface area contributed by atoms with Crippen LogP contribution in [0.25, 0.3) is 0 Å². The zero-order valence-electron chi connectivity index (χ0n) is 17.6. The van der Waals surface area contributed by atoms with E-state index in [9.17, 15) is 9.59 Å². The zero-order valence-corrected chi connectivity index (χ0v) is 18.5. The van der Waals surface area contributed by atoms with E-state index in [-0.39, 0.29) is 29.2 Å². The van der Waals surface area contributed by atoms with Crippen molar-refractivity contribution in [2.24, 2.45) is 10.7 Å². The number of nitrogens with one attached hydrogen (secondary N) is 2. The van der Waals surface area contributed by atoms with Gasteiger partial charge >= 0.3 is 0 Å². The summed E-state index contributed by atoms with van der Waals surface area (Å²) in [5.41, 5.74) is 7.74. The number of nitrogens with zero attached hydrogens (tertiary/aromatic N) is 3. The maximum absolute atomic E-state index is 12.6. The molecule has 1 saturated heterocycles. The second kappa shape index (κ2) is 11.0. The van der Waals surface area contributed by atoms with Crippen LogP contribution in [-0.4, -0.2) is 60.5 Å². The number of aliphatic imine (C=N–C) groups is 1. The van der Waals surface area contributed by atoms with Gasteiger partial charge in [-0.25, -0.2) is 4.98 Å². The molecule has 0 bridgehead atoms. The number of amides is 2. The number of nitrogens with two attached hydrogens (primary N) is 1. The zero-order chi connectivity index (χ0) is 22.2. The summed E-state index contributed by atoms with van der Waals surface area (Å²) in [5.74, 6) is -0.164. The van der Waals surface area contributed by atoms with Gasteiger partial charge in [0.1, 0.15) is 11.4 Å². The van der Waals surface area contributed by atoms with Crippen molar-refractivity contribution in [3.8, 4) is 0 Å². The predicted molar refractivity (Wildman–Crippen MR) is 124 cm³/mol. The third kappa shape index (κ3) is 6.36. The highest BCUT2D eigenvalue weighted by Crippen LogP contribution is 2.29. The Hall–Kier alpha value is -2.75. The summed E-state index contributed by atoms with van der Waals surface area (Å²) >= 11 is 1.46. The van der Waals surface area contributed by atoms with Crippen molar-refractivity contribution in [3.05, 3.63) is 53.3 Å². The van der Waals surface area contributed by atoms with Gasteiger partial charge in [-0.15, -0.1) is 11.8 Å². The molecule has 0 unspecified atom stereocenters. The number of piperidine rings is 1. The minimum atomic E-state index is -0.340. The van der Waals surface area contributed by atoms with E-state index in [2.05, 4.69) is 39.3 Å². The minimum absolute atomic E-state index is 0.136. The number of thioether (sulfide) groups is 1. The van der Waals surface area contributed by atoms with Crippen molar-refractivity contribution in [1.29, 1.82) is 0 Å². The fourth-order valence-electron chi connectivity index (χ4n) is 3.38. The number of hydrogen-bond donors (Lipinski definition) is 3. The molecule has 1 fully saturated rings. The third-order valence-corrected chi connectivity index (χ3v) is 5.96. The summed E-state index contributed by atoms with van der Waals surface area (Å²) in [6.07, 6.45) is 1.82. The first-order chi connectivity index (χ1) is 15.0. The van der Waals surface area contributed by atoms with Crippen LogP contribution in [0.15, 0.2) is 46.3 Å². The van der Waals surface area contributed by atoms with E-state index >= 15 is 0 Å². The third-order valence-electron chi connectivity index (χ3n) is 5.15. The predicted octanol–water partition coefficient (Wildman–Crippen LogP) is 2.18. The molecule has 1 aliphatic heterocycles. The van der Waals surface area contributed by atoms with Crippen LogP contribution >= 0.6 is 11.8 Å². The molecule has 0 atom stereocenters. The largest absolute Gasteiger partial charge is 0.348 e. The summed E-state index contributed by atoms with van der Waals surface area (Å²) in [6.45, 7) is 5.79. The van der Waals surface area contributed by atoms with Crippen LogP contribution in [0, 0.1) is 0 Å². The first kappa shape index (κ1) is 22.9. The number of aromatic nitrogens is 1. The molecule has 8 nitrogen and oxygen atoms in total. The number of carbonyl (C=O) groups is 2. The molecule has 1 aromatic carbocycles. The van der Waals surface area contributed by atoms with Crippen molar-refractivity contribution in [2.45, 2.75) is 30.3 Å². The Morgan fingerprint density at radius 1 is 1.23 bits per heavy atom. The van der Waals surface area contributed by atoms with E-state index in [1.165, 1.54) is 11.8 Å². The fourth-order valence-corrected chi connectivity index (χ4v) is 4.07. The highest BCUT2D eigenvalue weighted by Gasteiger charge is 2.20. The standard InChI is InChI=1S/C22H28N6O2S/c1-24-17-7-6-15(12-20(17)31-14-23)13-25-21(29)18-4-3-5-19(27-18)22(30)26-16-8-10-28(2)11-9-16/h3-7,12,16H,1,8-11,13-14,23H2,2H3,(H,25,29)(H,26,30). The number of rotatable bonds is 8. The molecule has 164 valence electrons. The van der Waals surface area contributed by atoms with Crippen molar-refractivity contribution >= 4 is 36.0 Å². The number of benzene rings is 1. The monoisotopic (exact) mass is 440 g/mol. The SMILES string of the molecule is C=Nc1ccc(CNC(=O)c2cccc(C(=O)NC3CCN(C)CC3)n2)cc1SCN. The molecule has 1 aliphatic rings. The molecule has 0 saturated carbocycles. The lowest BCUT2D eigenvalue weighted by Gasteiger charge is -2.29. The van der Waals surface area contributed by atoms with Crippen LogP contribution < -0.4 is 16.4 Å². The Kier molecular flexibility index (Phi) is 8.16. The van der Waals surface area contributed by atoms with Crippen LogP contribution in [0.2, 0.25) is 0 Å². The lowest BCUT2D eigenvalue weighted by atomic mass is 10.1. The van der Waals surface area contributed by atoms with Crippen LogP contribution in [0.5, 0.6) is 0 Å². The Morgan fingerprint density at radius 2 is 1.94 bits per heavy atom. The summed E-state index contributed by atoms with van der Waals surface area (Å²) < 4.78 is 0. The van der Waals surface area contributed by atoms with Gasteiger partial charge in [0.25, 0.3) is 11.8 Å². The average Bonchev–Trinajstić information content (AvgIpc) is 2.79. The maximum atomic E-state index is 12.6. The minimum Gasteiger partial charge on any atom is -0.348 e. The van der Waals surface area contributed by atoms with E-state index in [1.54, 1.807) is 18.2 Å². The molecular formula is C22H28N6O2S. The molecule has 2 aromatic rings. The number of pyridine rings is 1. The Balaban J connectivity index is 1.60. The van der Waals surface area contributed by atoms with Gasteiger partial charge in [-0.2, -0.15) is 0 Å². The smallest absolute Gasteiger partial charge is 0.270 e. The lowest BCUT2D eigenvalue weighted by Crippen LogP contribution is -2.43. The summed E-state index contributed by atoms with van der Waals surface area (Å²) in [4.78, 5) is 36.5. The van der Waals surface area contributed by atoms with Gasteiger partial charge < -0.3 is 21.3 Å². The van der Waals surface area contributed by atoms with E-state index in [0.717, 1.165) is 42.1 Å². The molecule has 2 amide bonds. The number of hydrogen-bond acceptors (Lipinski definition) is 7. The Bertz CT molecular complexity index is 943. The number of carbonyl (C=O) groups excluding carboxylic acids is 2. The van der Waals surface area contributed by atoms with Crippen molar-refractivity contribution in [1.82, 2.24) is 20.5 Å². The molecule has 0 aliphatic carbocycles. The Labute approximate surface area is 186 Å². The molecule has 31 heavy (non-hydrogen) atoms. The molecule has 0 radical (unpaired) electrons. The first-order valence-electron chi connectivity index (χ1n) is 10.2. The van der Waals surface area contributed by atoms with E-state index in [4.69, 9.17) is 5.73 Å². The van der Waals surface area contributed by atoms with Crippen molar-refractivity contribution in [2.75, 3.05) is 26.0 Å². The van der Waals surface area contributed by atoms with Crippen LogP contribution in [-0.2, 0) is 6.54 Å². The summed E-state index contributed by atoms with van der Waals surface area (Å²) in [7, 11) is 2.07. The second-order valence-electron chi connectivity index (χ2n) is 7.41. The molecule has 1 aromatic heterocycles. The molecule has 3 rings (SSSR count). The van der Waals surface area contributed by atoms with Crippen molar-refractivity contribution < 1.29 is 9.59 Å². The summed E-state index contributed by atoms with van der Waals surface area (Å²) in [5, 5.41) is 5.87. The second-order valence-corrected chi connectivity index (χ2v) is 8.47. The van der Waals surface area contributed by atoms with Crippen LogP contribution in [0.3, 0.4) is 0 Å². The van der Waals surface area contributed by atoms with E-state index < -0.39 is 0 Å². The average molecular weight is 441 g/mol. The summed E-state index contributed by atoms with van der Waals surface area (Å²) in [6, 6.07) is 10.7. The van der Waals surface area contributed by atoms with E-state index in [1.807, 2.05) is 18.2 Å². The number of likely N-dealkylation sites (tertiary alicyclic amines) is 1. The van der Waals surface area contributed by atoms with Gasteiger partial charge in [-0.1, -0.05) is 12.1 Å². The van der Waals surface area contributed by atoms with Gasteiger partial charge in [0.2, 0.25) is 0 Å². The molecule has 0 spiro atoms. The maximum Gasteiger partial charge on any atom is 0.270 e. The van der Waals surface area contributed by atoms with Crippen molar-refractivity contribution in [3.63, 3.8) is 0 Å². The van der Waals surface area contributed by atoms with Crippen LogP contribution in [0.1, 0.15) is 39.4 Å². The van der Waals surface area contributed by atoms with Gasteiger partial charge in [0.05, 0.1) is 5.69 Å². The van der Waals surface area contributed by atoms with Gasteiger partial charge in [-0.05, 0) is 69.5 Å². The molecular weight excluding hydrogens is 412 g/mol. The highest BCUT2D eigenvalue weighted by molar-refractivity contribution is 7.99. The lowest BCUT2D eigenvalue weighted by molar-refractivity contribution is 0.0911. The Morgan fingerprint density at radius 3 is 2.61 bits per heavy atom. The molecule has 9 heteroatoms. The first-order valence-corrected chi connectivity index (χ1v) is 11.2. The topological polar surface area (TPSA) is 113 Å².